The Bertz CT molecular complexity index is 1280. The van der Waals surface area contributed by atoms with Crippen LogP contribution >= 0.6 is 15.9 Å². The van der Waals surface area contributed by atoms with Gasteiger partial charge in [0.2, 0.25) is 0 Å². The van der Waals surface area contributed by atoms with Crippen LogP contribution in [-0.4, -0.2) is 28.4 Å². The van der Waals surface area contributed by atoms with Crippen molar-refractivity contribution in [3.05, 3.63) is 81.3 Å². The average Bonchev–Trinajstić information content (AvgIpc) is 3.15. The predicted octanol–water partition coefficient (Wildman–Crippen LogP) is 6.46. The summed E-state index contributed by atoms with van der Waals surface area (Å²) >= 11 is 3.66. The first kappa shape index (κ1) is 23.4. The third kappa shape index (κ3) is 4.66. The molecule has 0 fully saturated rings. The van der Waals surface area contributed by atoms with Crippen molar-refractivity contribution in [2.24, 2.45) is 0 Å². The minimum absolute atomic E-state index is 0.0619. The molecule has 0 saturated heterocycles. The summed E-state index contributed by atoms with van der Waals surface area (Å²) in [5.41, 5.74) is 4.86. The summed E-state index contributed by atoms with van der Waals surface area (Å²) in [6, 6.07) is 13.6. The van der Waals surface area contributed by atoms with E-state index in [4.69, 9.17) is 9.72 Å². The maximum absolute atomic E-state index is 13.7. The van der Waals surface area contributed by atoms with Gasteiger partial charge in [-0.2, -0.15) is 0 Å². The summed E-state index contributed by atoms with van der Waals surface area (Å²) in [5.74, 6) is 0.468. The number of fused-ring (bicyclic) bond motifs is 1. The molecule has 4 aromatic rings. The van der Waals surface area contributed by atoms with E-state index in [-0.39, 0.29) is 6.61 Å². The molecule has 0 amide bonds. The van der Waals surface area contributed by atoms with Gasteiger partial charge in [-0.25, -0.2) is 13.8 Å². The number of aliphatic hydroxyl groups excluding tert-OH is 1. The van der Waals surface area contributed by atoms with Gasteiger partial charge in [0.15, 0.2) is 0 Å². The largest absolute Gasteiger partial charge is 0.494 e. The number of hydrogen-bond acceptors (Lipinski definition) is 3. The Hall–Kier alpha value is -2.77. The number of nitrogens with zero attached hydrogens (tertiary/aromatic N) is 2. The molecule has 0 aliphatic carbocycles. The molecule has 172 valence electrons. The summed E-state index contributed by atoms with van der Waals surface area (Å²) in [6.07, 6.45) is 0.298. The maximum Gasteiger partial charge on any atom is 0.145 e. The highest BCUT2D eigenvalue weighted by Crippen LogP contribution is 2.39. The molecular weight excluding hydrogens is 490 g/mol. The fourth-order valence-electron chi connectivity index (χ4n) is 4.07. The molecule has 0 aliphatic heterocycles. The molecule has 1 aromatic heterocycles. The zero-order chi connectivity index (χ0) is 23.7. The normalized spacial score (nSPS) is 11.5. The lowest BCUT2D eigenvalue weighted by atomic mass is 10.0. The van der Waals surface area contributed by atoms with Crippen molar-refractivity contribution in [3.8, 4) is 17.1 Å². The Morgan fingerprint density at radius 1 is 1.06 bits per heavy atom. The van der Waals surface area contributed by atoms with Crippen LogP contribution < -0.4 is 4.74 Å². The second-order valence-electron chi connectivity index (χ2n) is 8.29. The molecule has 3 aromatic carbocycles. The summed E-state index contributed by atoms with van der Waals surface area (Å²) < 4.78 is 35.8. The minimum atomic E-state index is -0.617. The Morgan fingerprint density at radius 3 is 2.30 bits per heavy atom. The third-order valence-corrected chi connectivity index (χ3v) is 6.58. The van der Waals surface area contributed by atoms with E-state index in [9.17, 15) is 13.9 Å². The van der Waals surface area contributed by atoms with Gasteiger partial charge < -0.3 is 14.4 Å². The highest BCUT2D eigenvalue weighted by molar-refractivity contribution is 9.10. The van der Waals surface area contributed by atoms with Crippen molar-refractivity contribution >= 4 is 27.0 Å². The van der Waals surface area contributed by atoms with Crippen molar-refractivity contribution in [3.63, 3.8) is 0 Å². The van der Waals surface area contributed by atoms with Crippen LogP contribution in [0.2, 0.25) is 0 Å². The van der Waals surface area contributed by atoms with Crippen LogP contribution in [-0.2, 0) is 13.0 Å². The number of ether oxygens (including phenoxy) is 1. The van der Waals surface area contributed by atoms with Crippen molar-refractivity contribution in [2.75, 3.05) is 13.7 Å². The standard InChI is InChI=1S/C26H25BrF2N2O2/c1-15(2)17-4-6-18(7-5-17)26-30-24-23(27)19(10-16-11-20(28)14-21(29)12-16)13-22(33-3)25(24)31(26)8-9-32/h4-7,11-15,32H,8-10H2,1-3H3. The SMILES string of the molecule is COc1cc(Cc2cc(F)cc(F)c2)c(Br)c2nc(-c3ccc(C(C)C)cc3)n(CCO)c12. The predicted molar refractivity (Wildman–Crippen MR) is 130 cm³/mol. The van der Waals surface area contributed by atoms with Gasteiger partial charge in [-0.15, -0.1) is 0 Å². The number of aromatic nitrogens is 2. The Morgan fingerprint density at radius 2 is 1.73 bits per heavy atom. The molecule has 0 aliphatic rings. The lowest BCUT2D eigenvalue weighted by Crippen LogP contribution is -2.05. The number of hydrogen-bond donors (Lipinski definition) is 1. The molecular formula is C26H25BrF2N2O2. The highest BCUT2D eigenvalue weighted by Gasteiger charge is 2.21. The molecule has 4 rings (SSSR count). The Balaban J connectivity index is 1.89. The van der Waals surface area contributed by atoms with E-state index in [2.05, 4.69) is 41.9 Å². The van der Waals surface area contributed by atoms with Gasteiger partial charge in [-0.1, -0.05) is 38.1 Å². The molecule has 0 atom stereocenters. The minimum Gasteiger partial charge on any atom is -0.494 e. The van der Waals surface area contributed by atoms with E-state index in [0.717, 1.165) is 27.2 Å². The zero-order valence-electron chi connectivity index (χ0n) is 18.7. The van der Waals surface area contributed by atoms with Gasteiger partial charge in [0.05, 0.1) is 13.7 Å². The summed E-state index contributed by atoms with van der Waals surface area (Å²) in [7, 11) is 1.57. The molecule has 1 N–H and O–H groups in total. The van der Waals surface area contributed by atoms with Crippen LogP contribution in [0.1, 0.15) is 36.5 Å². The van der Waals surface area contributed by atoms with E-state index in [1.165, 1.54) is 17.7 Å². The molecule has 7 heteroatoms. The molecule has 4 nitrogen and oxygen atoms in total. The van der Waals surface area contributed by atoms with E-state index in [0.29, 0.717) is 41.5 Å². The van der Waals surface area contributed by atoms with E-state index >= 15 is 0 Å². The summed E-state index contributed by atoms with van der Waals surface area (Å²) in [4.78, 5) is 4.90. The third-order valence-electron chi connectivity index (χ3n) is 5.69. The van der Waals surface area contributed by atoms with Gasteiger partial charge in [0, 0.05) is 22.6 Å². The van der Waals surface area contributed by atoms with E-state index in [1.807, 2.05) is 22.8 Å². The Kier molecular flexibility index (Phi) is 6.81. The number of aliphatic hydroxyl groups is 1. The van der Waals surface area contributed by atoms with Crippen LogP contribution in [0, 0.1) is 11.6 Å². The molecule has 0 saturated carbocycles. The molecule has 0 bridgehead atoms. The van der Waals surface area contributed by atoms with Crippen LogP contribution in [0.3, 0.4) is 0 Å². The van der Waals surface area contributed by atoms with Crippen molar-refractivity contribution < 1.29 is 18.6 Å². The van der Waals surface area contributed by atoms with Gasteiger partial charge >= 0.3 is 0 Å². The van der Waals surface area contributed by atoms with Crippen molar-refractivity contribution in [1.29, 1.82) is 0 Å². The Labute approximate surface area is 200 Å². The lowest BCUT2D eigenvalue weighted by molar-refractivity contribution is 0.278. The molecule has 0 spiro atoms. The highest BCUT2D eigenvalue weighted by atomic mass is 79.9. The topological polar surface area (TPSA) is 47.3 Å². The van der Waals surface area contributed by atoms with E-state index < -0.39 is 11.6 Å². The molecule has 0 radical (unpaired) electrons. The first-order valence-electron chi connectivity index (χ1n) is 10.7. The number of methoxy groups -OCH3 is 1. The summed E-state index contributed by atoms with van der Waals surface area (Å²) in [5, 5.41) is 9.75. The number of imidazole rings is 1. The zero-order valence-corrected chi connectivity index (χ0v) is 20.3. The van der Waals surface area contributed by atoms with Gasteiger partial charge in [0.25, 0.3) is 0 Å². The van der Waals surface area contributed by atoms with Gasteiger partial charge in [0.1, 0.15) is 34.2 Å². The quantitative estimate of drug-likeness (QED) is 0.308. The lowest BCUT2D eigenvalue weighted by Gasteiger charge is -2.13. The van der Waals surface area contributed by atoms with E-state index in [1.54, 1.807) is 7.11 Å². The van der Waals surface area contributed by atoms with Gasteiger partial charge in [-0.3, -0.25) is 0 Å². The van der Waals surface area contributed by atoms with Crippen molar-refractivity contribution in [1.82, 2.24) is 9.55 Å². The van der Waals surface area contributed by atoms with Crippen LogP contribution in [0.5, 0.6) is 5.75 Å². The average molecular weight is 515 g/mol. The second kappa shape index (κ2) is 9.61. The first-order chi connectivity index (χ1) is 15.8. The smallest absolute Gasteiger partial charge is 0.145 e. The fraction of sp³-hybridized carbons (Fsp3) is 0.269. The number of halogens is 3. The number of benzene rings is 3. The van der Waals surface area contributed by atoms with Crippen LogP contribution in [0.4, 0.5) is 8.78 Å². The fourth-order valence-corrected chi connectivity index (χ4v) is 4.60. The van der Waals surface area contributed by atoms with Crippen molar-refractivity contribution in [2.45, 2.75) is 32.7 Å². The second-order valence-corrected chi connectivity index (χ2v) is 9.08. The number of rotatable bonds is 7. The summed E-state index contributed by atoms with van der Waals surface area (Å²) in [6.45, 7) is 4.57. The monoisotopic (exact) mass is 514 g/mol. The molecule has 0 unspecified atom stereocenters. The van der Waals surface area contributed by atoms with Crippen LogP contribution in [0.25, 0.3) is 22.4 Å². The first-order valence-corrected chi connectivity index (χ1v) is 11.5. The molecule has 1 heterocycles. The molecule has 33 heavy (non-hydrogen) atoms. The maximum atomic E-state index is 13.7. The van der Waals surface area contributed by atoms with Gasteiger partial charge in [-0.05, 0) is 63.2 Å². The van der Waals surface area contributed by atoms with Crippen LogP contribution in [0.15, 0.2) is 53.0 Å².